The minimum atomic E-state index is -0.224. The summed E-state index contributed by atoms with van der Waals surface area (Å²) in [6.45, 7) is 4.30. The van der Waals surface area contributed by atoms with E-state index in [0.29, 0.717) is 11.8 Å². The molecule has 1 heterocycles. The van der Waals surface area contributed by atoms with Crippen LogP contribution < -0.4 is 0 Å². The molecule has 0 bridgehead atoms. The third-order valence-corrected chi connectivity index (χ3v) is 5.64. The summed E-state index contributed by atoms with van der Waals surface area (Å²) in [4.78, 5) is 0. The van der Waals surface area contributed by atoms with E-state index < -0.39 is 0 Å². The van der Waals surface area contributed by atoms with Gasteiger partial charge in [-0.3, -0.25) is 0 Å². The zero-order valence-electron chi connectivity index (χ0n) is 12.0. The van der Waals surface area contributed by atoms with Crippen LogP contribution in [0.2, 0.25) is 0 Å². The Balaban J connectivity index is 2.22. The largest absolute Gasteiger partial charge is 0.372 e. The van der Waals surface area contributed by atoms with Crippen LogP contribution >= 0.6 is 39.1 Å². The molecule has 0 N–H and O–H groups in total. The average molecular weight is 380 g/mol. The molecule has 0 saturated carbocycles. The summed E-state index contributed by atoms with van der Waals surface area (Å²) in [6.07, 6.45) is 3.29. The Morgan fingerprint density at radius 3 is 2.55 bits per heavy atom. The second-order valence-corrected chi connectivity index (χ2v) is 7.75. The second kappa shape index (κ2) is 6.56. The fraction of sp³-hybridized carbons (Fsp3) is 0.625. The monoisotopic (exact) mass is 378 g/mol. The van der Waals surface area contributed by atoms with E-state index in [1.807, 2.05) is 12.1 Å². The summed E-state index contributed by atoms with van der Waals surface area (Å²) in [5.41, 5.74) is 0.940. The summed E-state index contributed by atoms with van der Waals surface area (Å²) >= 11 is 16.1. The van der Waals surface area contributed by atoms with E-state index in [1.165, 1.54) is 5.56 Å². The van der Waals surface area contributed by atoms with Gasteiger partial charge in [-0.1, -0.05) is 28.1 Å². The van der Waals surface area contributed by atoms with Gasteiger partial charge < -0.3 is 4.74 Å². The van der Waals surface area contributed by atoms with Crippen molar-refractivity contribution in [3.05, 3.63) is 34.3 Å². The van der Waals surface area contributed by atoms with Gasteiger partial charge in [-0.15, -0.1) is 23.2 Å². The molecule has 1 aromatic carbocycles. The van der Waals surface area contributed by atoms with Crippen molar-refractivity contribution in [3.63, 3.8) is 0 Å². The average Bonchev–Trinajstić information content (AvgIpc) is 2.75. The molecule has 0 aromatic heterocycles. The van der Waals surface area contributed by atoms with Gasteiger partial charge in [0, 0.05) is 21.6 Å². The molecule has 4 heteroatoms. The van der Waals surface area contributed by atoms with Crippen molar-refractivity contribution in [2.45, 2.75) is 50.2 Å². The Hall–Kier alpha value is 0.240. The molecule has 1 atom stereocenters. The molecule has 1 unspecified atom stereocenters. The quantitative estimate of drug-likeness (QED) is 0.612. The number of hydrogen-bond acceptors (Lipinski definition) is 1. The lowest BCUT2D eigenvalue weighted by Crippen LogP contribution is -2.35. The van der Waals surface area contributed by atoms with E-state index in [-0.39, 0.29) is 17.1 Å². The van der Waals surface area contributed by atoms with Crippen LogP contribution in [0.25, 0.3) is 0 Å². The van der Waals surface area contributed by atoms with Crippen molar-refractivity contribution < 1.29 is 4.74 Å². The van der Waals surface area contributed by atoms with Crippen molar-refractivity contribution in [1.29, 1.82) is 0 Å². The van der Waals surface area contributed by atoms with Gasteiger partial charge in [0.05, 0.1) is 11.7 Å². The minimum Gasteiger partial charge on any atom is -0.372 e. The summed E-state index contributed by atoms with van der Waals surface area (Å²) in [5, 5.41) is 0. The van der Waals surface area contributed by atoms with E-state index >= 15 is 0 Å². The van der Waals surface area contributed by atoms with E-state index in [4.69, 9.17) is 27.9 Å². The Morgan fingerprint density at radius 2 is 2.05 bits per heavy atom. The Kier molecular flexibility index (Phi) is 5.45. The van der Waals surface area contributed by atoms with Crippen LogP contribution in [0.15, 0.2) is 28.7 Å². The van der Waals surface area contributed by atoms with Crippen molar-refractivity contribution in [2.24, 2.45) is 0 Å². The summed E-state index contributed by atoms with van der Waals surface area (Å²) in [5.74, 6) is 1.01. The second-order valence-electron chi connectivity index (χ2n) is 6.30. The maximum absolute atomic E-state index is 6.31. The number of hydrogen-bond donors (Lipinski definition) is 0. The highest BCUT2D eigenvalue weighted by molar-refractivity contribution is 9.10. The van der Waals surface area contributed by atoms with Crippen molar-refractivity contribution >= 4 is 39.1 Å². The van der Waals surface area contributed by atoms with E-state index in [1.54, 1.807) is 0 Å². The maximum atomic E-state index is 6.31. The van der Waals surface area contributed by atoms with Crippen molar-refractivity contribution in [1.82, 2.24) is 0 Å². The molecule has 0 amide bonds. The molecule has 1 aliphatic rings. The first-order chi connectivity index (χ1) is 9.41. The van der Waals surface area contributed by atoms with Gasteiger partial charge in [0.1, 0.15) is 0 Å². The SMILES string of the molecule is CC1(C)CCC(CC(CCl)(CCl)c2cccc(Br)c2)O1. The molecule has 112 valence electrons. The topological polar surface area (TPSA) is 9.23 Å². The fourth-order valence-corrected chi connectivity index (χ4v) is 4.10. The third-order valence-electron chi connectivity index (χ3n) is 4.12. The molecule has 1 aliphatic heterocycles. The first-order valence-corrected chi connectivity index (χ1v) is 8.83. The molecule has 1 nitrogen and oxygen atoms in total. The van der Waals surface area contributed by atoms with Gasteiger partial charge in [0.2, 0.25) is 0 Å². The lowest BCUT2D eigenvalue weighted by Gasteiger charge is -2.33. The highest BCUT2D eigenvalue weighted by atomic mass is 79.9. The van der Waals surface area contributed by atoms with Gasteiger partial charge in [0.25, 0.3) is 0 Å². The minimum absolute atomic E-state index is 0.0215. The summed E-state index contributed by atoms with van der Waals surface area (Å²) < 4.78 is 7.19. The first-order valence-electron chi connectivity index (χ1n) is 6.97. The molecule has 20 heavy (non-hydrogen) atoms. The molecule has 0 radical (unpaired) electrons. The zero-order valence-corrected chi connectivity index (χ0v) is 15.1. The summed E-state index contributed by atoms with van der Waals surface area (Å²) in [6, 6.07) is 8.28. The lowest BCUT2D eigenvalue weighted by atomic mass is 9.79. The van der Waals surface area contributed by atoms with Crippen LogP contribution in [0, 0.1) is 0 Å². The molecule has 0 spiro atoms. The molecule has 2 rings (SSSR count). The lowest BCUT2D eigenvalue weighted by molar-refractivity contribution is -0.0250. The number of alkyl halides is 2. The maximum Gasteiger partial charge on any atom is 0.0631 e. The predicted molar refractivity (Wildman–Crippen MR) is 90.1 cm³/mol. The van der Waals surface area contributed by atoms with Gasteiger partial charge in [-0.2, -0.15) is 0 Å². The molecule has 1 aromatic rings. The number of ether oxygens (including phenoxy) is 1. The third kappa shape index (κ3) is 3.71. The fourth-order valence-electron chi connectivity index (χ4n) is 2.89. The van der Waals surface area contributed by atoms with Gasteiger partial charge in [-0.25, -0.2) is 0 Å². The van der Waals surface area contributed by atoms with Crippen molar-refractivity contribution in [3.8, 4) is 0 Å². The van der Waals surface area contributed by atoms with Gasteiger partial charge in [0.15, 0.2) is 0 Å². The van der Waals surface area contributed by atoms with E-state index in [2.05, 4.69) is 41.9 Å². The van der Waals surface area contributed by atoms with Gasteiger partial charge in [-0.05, 0) is 50.8 Å². The molecule has 0 aliphatic carbocycles. The Labute approximate surface area is 140 Å². The van der Waals surface area contributed by atoms with Crippen LogP contribution in [0.1, 0.15) is 38.7 Å². The van der Waals surface area contributed by atoms with E-state index in [0.717, 1.165) is 23.7 Å². The predicted octanol–water partition coefficient (Wildman–Crippen LogP) is 5.51. The van der Waals surface area contributed by atoms with Gasteiger partial charge >= 0.3 is 0 Å². The number of rotatable bonds is 5. The molecular formula is C16H21BrCl2O. The van der Waals surface area contributed by atoms with Crippen LogP contribution in [-0.4, -0.2) is 23.5 Å². The highest BCUT2D eigenvalue weighted by Gasteiger charge is 2.39. The molecular weight excluding hydrogens is 359 g/mol. The standard InChI is InChI=1S/C16H21BrCl2O/c1-15(2)7-6-14(20-15)9-16(10-18,11-19)12-4-3-5-13(17)8-12/h3-5,8,14H,6-7,9-11H2,1-2H3. The summed E-state index contributed by atoms with van der Waals surface area (Å²) in [7, 11) is 0. The Bertz CT molecular complexity index is 458. The number of halogens is 3. The first kappa shape index (κ1) is 16.6. The molecule has 1 saturated heterocycles. The van der Waals surface area contributed by atoms with Crippen LogP contribution in [0.4, 0.5) is 0 Å². The smallest absolute Gasteiger partial charge is 0.0631 e. The van der Waals surface area contributed by atoms with E-state index in [9.17, 15) is 0 Å². The van der Waals surface area contributed by atoms with Crippen LogP contribution in [0.5, 0.6) is 0 Å². The van der Waals surface area contributed by atoms with Crippen molar-refractivity contribution in [2.75, 3.05) is 11.8 Å². The number of benzene rings is 1. The zero-order chi connectivity index (χ0) is 14.8. The highest BCUT2D eigenvalue weighted by Crippen LogP contribution is 2.40. The van der Waals surface area contributed by atoms with Crippen LogP contribution in [-0.2, 0) is 10.2 Å². The Morgan fingerprint density at radius 1 is 1.35 bits per heavy atom. The normalized spacial score (nSPS) is 22.1. The molecule has 1 fully saturated rings. The van der Waals surface area contributed by atoms with Crippen LogP contribution in [0.3, 0.4) is 0 Å².